The summed E-state index contributed by atoms with van der Waals surface area (Å²) < 4.78 is 4.87. The molecule has 0 aromatic carbocycles. The van der Waals surface area contributed by atoms with E-state index in [2.05, 4.69) is 17.9 Å². The van der Waals surface area contributed by atoms with Gasteiger partial charge in [-0.1, -0.05) is 13.8 Å². The third-order valence-corrected chi connectivity index (χ3v) is 2.52. The summed E-state index contributed by atoms with van der Waals surface area (Å²) in [6, 6.07) is 0. The van der Waals surface area contributed by atoms with E-state index in [0.717, 1.165) is 0 Å². The van der Waals surface area contributed by atoms with Crippen molar-refractivity contribution in [1.82, 2.24) is 5.32 Å². The molecule has 0 spiro atoms. The van der Waals surface area contributed by atoms with Crippen LogP contribution in [0.1, 0.15) is 13.8 Å². The van der Waals surface area contributed by atoms with Gasteiger partial charge < -0.3 is 15.8 Å². The molecule has 6 heteroatoms. The molecule has 1 unspecified atom stereocenters. The zero-order chi connectivity index (χ0) is 11.8. The van der Waals surface area contributed by atoms with Gasteiger partial charge in [-0.25, -0.2) is 0 Å². The molecule has 0 aromatic rings. The predicted molar refractivity (Wildman–Crippen MR) is 60.6 cm³/mol. The second kappa shape index (κ2) is 7.53. The van der Waals surface area contributed by atoms with Crippen molar-refractivity contribution in [3.8, 4) is 0 Å². The first-order valence-corrected chi connectivity index (χ1v) is 5.28. The molecule has 0 aliphatic carbocycles. The average Bonchev–Trinajstić information content (AvgIpc) is 2.15. The van der Waals surface area contributed by atoms with Crippen molar-refractivity contribution in [3.63, 3.8) is 0 Å². The van der Waals surface area contributed by atoms with Crippen LogP contribution in [0.25, 0.3) is 0 Å². The molecule has 0 saturated heterocycles. The summed E-state index contributed by atoms with van der Waals surface area (Å²) in [6.07, 6.45) is 0. The Morgan fingerprint density at radius 2 is 2.07 bits per heavy atom. The highest BCUT2D eigenvalue weighted by atomic mass is 32.1. The predicted octanol–water partition coefficient (Wildman–Crippen LogP) is -0.441. The van der Waals surface area contributed by atoms with Crippen LogP contribution in [0.2, 0.25) is 0 Å². The Labute approximate surface area is 95.1 Å². The van der Waals surface area contributed by atoms with Gasteiger partial charge in [-0.15, -0.1) is 0 Å². The lowest BCUT2D eigenvalue weighted by Gasteiger charge is -2.14. The van der Waals surface area contributed by atoms with Crippen LogP contribution in [0.5, 0.6) is 0 Å². The molecule has 0 rings (SSSR count). The maximum absolute atomic E-state index is 11.3. The first kappa shape index (κ1) is 14.2. The monoisotopic (exact) mass is 234 g/mol. The van der Waals surface area contributed by atoms with Crippen LogP contribution in [0.4, 0.5) is 0 Å². The molecule has 3 N–H and O–H groups in total. The number of carbonyl (C=O) groups is 2. The highest BCUT2D eigenvalue weighted by Crippen LogP contribution is 2.07. The van der Waals surface area contributed by atoms with Gasteiger partial charge in [-0.05, 0) is 5.92 Å². The summed E-state index contributed by atoms with van der Waals surface area (Å²) in [5.41, 5.74) is 4.86. The molecule has 15 heavy (non-hydrogen) atoms. The van der Waals surface area contributed by atoms with Crippen molar-refractivity contribution in [2.45, 2.75) is 19.1 Å². The third kappa shape index (κ3) is 7.21. The average molecular weight is 234 g/mol. The van der Waals surface area contributed by atoms with Crippen LogP contribution < -0.4 is 11.1 Å². The molecule has 0 aromatic heterocycles. The second-order valence-electron chi connectivity index (χ2n) is 3.50. The minimum absolute atomic E-state index is 0.121. The van der Waals surface area contributed by atoms with Crippen LogP contribution in [0, 0.1) is 5.92 Å². The van der Waals surface area contributed by atoms with Crippen LogP contribution >= 0.6 is 12.6 Å². The van der Waals surface area contributed by atoms with Crippen molar-refractivity contribution < 1.29 is 14.3 Å². The normalized spacial score (nSPS) is 12.5. The van der Waals surface area contributed by atoms with Crippen LogP contribution in [-0.2, 0) is 14.3 Å². The zero-order valence-electron chi connectivity index (χ0n) is 9.03. The largest absolute Gasteiger partial charge is 0.370 e. The molecule has 0 bridgehead atoms. The molecule has 2 amide bonds. The molecule has 1 atom stereocenters. The van der Waals surface area contributed by atoms with E-state index in [0.29, 0.717) is 6.54 Å². The Balaban J connectivity index is 3.51. The lowest BCUT2D eigenvalue weighted by Crippen LogP contribution is -2.36. The van der Waals surface area contributed by atoms with E-state index in [9.17, 15) is 9.59 Å². The maximum atomic E-state index is 11.3. The zero-order valence-corrected chi connectivity index (χ0v) is 9.92. The van der Waals surface area contributed by atoms with E-state index in [-0.39, 0.29) is 30.3 Å². The fourth-order valence-corrected chi connectivity index (χ4v) is 0.918. The summed E-state index contributed by atoms with van der Waals surface area (Å²) in [6.45, 7) is 4.34. The Hall–Kier alpha value is -0.750. The van der Waals surface area contributed by atoms with Crippen molar-refractivity contribution in [3.05, 3.63) is 0 Å². The molecule has 0 fully saturated rings. The number of thiol groups is 1. The summed E-state index contributed by atoms with van der Waals surface area (Å²) in [5, 5.41) is 2.33. The van der Waals surface area contributed by atoms with E-state index in [1.165, 1.54) is 0 Å². The Bertz CT molecular complexity index is 221. The van der Waals surface area contributed by atoms with Crippen LogP contribution in [-0.4, -0.2) is 36.8 Å². The van der Waals surface area contributed by atoms with E-state index >= 15 is 0 Å². The Morgan fingerprint density at radius 3 is 2.53 bits per heavy atom. The third-order valence-electron chi connectivity index (χ3n) is 1.69. The molecular weight excluding hydrogens is 216 g/mol. The van der Waals surface area contributed by atoms with Gasteiger partial charge in [-0.2, -0.15) is 12.6 Å². The lowest BCUT2D eigenvalue weighted by molar-refractivity contribution is -0.122. The van der Waals surface area contributed by atoms with Gasteiger partial charge in [0.05, 0.1) is 11.9 Å². The van der Waals surface area contributed by atoms with Crippen molar-refractivity contribution in [1.29, 1.82) is 0 Å². The standard InChI is InChI=1S/C9H18N2O3S/c1-6(2)8(15)9(13)11-3-4-14-5-7(10)12/h6,8,15H,3-5H2,1-2H3,(H2,10,12)(H,11,13). The number of nitrogens with one attached hydrogen (secondary N) is 1. The molecule has 0 aliphatic rings. The van der Waals surface area contributed by atoms with Crippen LogP contribution in [0.15, 0.2) is 0 Å². The van der Waals surface area contributed by atoms with Gasteiger partial charge in [0.2, 0.25) is 11.8 Å². The molecule has 0 radical (unpaired) electrons. The molecular formula is C9H18N2O3S. The van der Waals surface area contributed by atoms with Crippen LogP contribution in [0.3, 0.4) is 0 Å². The van der Waals surface area contributed by atoms with Gasteiger partial charge >= 0.3 is 0 Å². The number of primary amides is 1. The highest BCUT2D eigenvalue weighted by molar-refractivity contribution is 7.81. The first-order chi connectivity index (χ1) is 6.95. The maximum Gasteiger partial charge on any atom is 0.243 e. The van der Waals surface area contributed by atoms with Gasteiger partial charge in [0.15, 0.2) is 0 Å². The Morgan fingerprint density at radius 1 is 1.47 bits per heavy atom. The fraction of sp³-hybridized carbons (Fsp3) is 0.778. The van der Waals surface area contributed by atoms with Crippen molar-refractivity contribution >= 4 is 24.4 Å². The fourth-order valence-electron chi connectivity index (χ4n) is 0.826. The van der Waals surface area contributed by atoms with Gasteiger partial charge in [-0.3, -0.25) is 9.59 Å². The molecule has 5 nitrogen and oxygen atoms in total. The van der Waals surface area contributed by atoms with Gasteiger partial charge in [0.25, 0.3) is 0 Å². The van der Waals surface area contributed by atoms with E-state index in [4.69, 9.17) is 10.5 Å². The summed E-state index contributed by atoms with van der Waals surface area (Å²) in [7, 11) is 0. The minimum atomic E-state index is -0.518. The minimum Gasteiger partial charge on any atom is -0.370 e. The summed E-state index contributed by atoms with van der Waals surface area (Å²) in [4.78, 5) is 21.6. The first-order valence-electron chi connectivity index (χ1n) is 4.77. The van der Waals surface area contributed by atoms with Gasteiger partial charge in [0.1, 0.15) is 6.61 Å². The molecule has 0 heterocycles. The SMILES string of the molecule is CC(C)C(S)C(=O)NCCOCC(N)=O. The highest BCUT2D eigenvalue weighted by Gasteiger charge is 2.16. The van der Waals surface area contributed by atoms with Crippen molar-refractivity contribution in [2.75, 3.05) is 19.8 Å². The summed E-state index contributed by atoms with van der Waals surface area (Å²) >= 11 is 4.15. The molecule has 88 valence electrons. The lowest BCUT2D eigenvalue weighted by atomic mass is 10.1. The summed E-state index contributed by atoms with van der Waals surface area (Å²) in [5.74, 6) is -0.466. The second-order valence-corrected chi connectivity index (χ2v) is 4.06. The number of carbonyl (C=O) groups excluding carboxylic acids is 2. The topological polar surface area (TPSA) is 81.4 Å². The van der Waals surface area contributed by atoms with E-state index < -0.39 is 5.91 Å². The molecule has 0 saturated carbocycles. The van der Waals surface area contributed by atoms with Gasteiger partial charge in [0, 0.05) is 6.54 Å². The Kier molecular flexibility index (Phi) is 7.15. The quantitative estimate of drug-likeness (QED) is 0.412. The number of ether oxygens (including phenoxy) is 1. The number of nitrogens with two attached hydrogens (primary N) is 1. The number of hydrogen-bond acceptors (Lipinski definition) is 4. The number of hydrogen-bond donors (Lipinski definition) is 3. The smallest absolute Gasteiger partial charge is 0.243 e. The van der Waals surface area contributed by atoms with E-state index in [1.807, 2.05) is 13.8 Å². The number of rotatable bonds is 7. The number of amides is 2. The van der Waals surface area contributed by atoms with E-state index in [1.54, 1.807) is 0 Å². The molecule has 0 aliphatic heterocycles. The van der Waals surface area contributed by atoms with Crippen molar-refractivity contribution in [2.24, 2.45) is 11.7 Å².